The van der Waals surface area contributed by atoms with E-state index in [2.05, 4.69) is 15.9 Å². The average molecular weight is 345 g/mol. The molecule has 0 saturated heterocycles. The van der Waals surface area contributed by atoms with Gasteiger partial charge in [0.25, 0.3) is 0 Å². The van der Waals surface area contributed by atoms with Crippen LogP contribution in [0.25, 0.3) is 0 Å². The van der Waals surface area contributed by atoms with Crippen molar-refractivity contribution in [1.82, 2.24) is 0 Å². The Bertz CT molecular complexity index is 421. The van der Waals surface area contributed by atoms with E-state index in [1.54, 1.807) is 12.1 Å². The summed E-state index contributed by atoms with van der Waals surface area (Å²) in [7, 11) is 0. The summed E-state index contributed by atoms with van der Waals surface area (Å²) in [5, 5.41) is 8.70. The van der Waals surface area contributed by atoms with Gasteiger partial charge in [0.15, 0.2) is 11.5 Å². The lowest BCUT2D eigenvalue weighted by atomic mass is 10.2. The number of rotatable bonds is 10. The zero-order valence-electron chi connectivity index (χ0n) is 11.7. The first-order chi connectivity index (χ1) is 9.72. The summed E-state index contributed by atoms with van der Waals surface area (Å²) in [5.41, 5.74) is 0.552. The van der Waals surface area contributed by atoms with Gasteiger partial charge in [-0.15, -0.1) is 0 Å². The summed E-state index contributed by atoms with van der Waals surface area (Å²) in [5.74, 6) is 1.22. The van der Waals surface area contributed by atoms with Crippen molar-refractivity contribution in [3.8, 4) is 11.5 Å². The number of halogens is 1. The van der Waals surface area contributed by atoms with Gasteiger partial charge in [0.1, 0.15) is 6.29 Å². The molecule has 0 radical (unpaired) electrons. The number of aldehydes is 1. The van der Waals surface area contributed by atoms with Crippen LogP contribution in [0.3, 0.4) is 0 Å². The summed E-state index contributed by atoms with van der Waals surface area (Å²) in [6.07, 6.45) is 4.57. The molecule has 0 atom stereocenters. The van der Waals surface area contributed by atoms with Crippen molar-refractivity contribution in [2.24, 2.45) is 0 Å². The highest BCUT2D eigenvalue weighted by atomic mass is 79.9. The van der Waals surface area contributed by atoms with Crippen molar-refractivity contribution in [2.75, 3.05) is 19.8 Å². The van der Waals surface area contributed by atoms with Crippen molar-refractivity contribution >= 4 is 22.2 Å². The van der Waals surface area contributed by atoms with Crippen LogP contribution in [0.15, 0.2) is 16.6 Å². The van der Waals surface area contributed by atoms with Crippen molar-refractivity contribution in [2.45, 2.75) is 32.6 Å². The number of unbranched alkanes of at least 4 members (excludes halogenated alkanes) is 3. The fourth-order valence-electron chi connectivity index (χ4n) is 1.80. The molecule has 0 aliphatic rings. The van der Waals surface area contributed by atoms with Gasteiger partial charge in [-0.25, -0.2) is 0 Å². The first-order valence-electron chi connectivity index (χ1n) is 6.88. The summed E-state index contributed by atoms with van der Waals surface area (Å²) in [6.45, 7) is 3.24. The van der Waals surface area contributed by atoms with Crippen LogP contribution >= 0.6 is 15.9 Å². The molecule has 1 N–H and O–H groups in total. The number of aliphatic hydroxyl groups excluding tert-OH is 1. The first-order valence-corrected chi connectivity index (χ1v) is 7.67. The molecule has 0 unspecified atom stereocenters. The molecule has 20 heavy (non-hydrogen) atoms. The van der Waals surface area contributed by atoms with Gasteiger partial charge in [-0.3, -0.25) is 4.79 Å². The SMILES string of the molecule is CCOc1cc(C=O)cc(Br)c1OCCCCCCO. The van der Waals surface area contributed by atoms with E-state index in [1.807, 2.05) is 6.92 Å². The number of benzene rings is 1. The molecule has 0 amide bonds. The highest BCUT2D eigenvalue weighted by Crippen LogP contribution is 2.36. The van der Waals surface area contributed by atoms with Gasteiger partial charge in [-0.05, 0) is 54.2 Å². The molecule has 1 aromatic rings. The van der Waals surface area contributed by atoms with E-state index in [0.29, 0.717) is 30.3 Å². The molecular weight excluding hydrogens is 324 g/mol. The van der Waals surface area contributed by atoms with E-state index >= 15 is 0 Å². The van der Waals surface area contributed by atoms with Gasteiger partial charge < -0.3 is 14.6 Å². The molecule has 112 valence electrons. The van der Waals surface area contributed by atoms with Crippen molar-refractivity contribution < 1.29 is 19.4 Å². The van der Waals surface area contributed by atoms with Gasteiger partial charge in [0, 0.05) is 12.2 Å². The van der Waals surface area contributed by atoms with Crippen LogP contribution in [0.2, 0.25) is 0 Å². The number of carbonyl (C=O) groups is 1. The molecule has 0 aliphatic heterocycles. The largest absolute Gasteiger partial charge is 0.490 e. The monoisotopic (exact) mass is 344 g/mol. The Balaban J connectivity index is 2.60. The molecule has 0 fully saturated rings. The molecule has 1 aromatic carbocycles. The Morgan fingerprint density at radius 3 is 2.60 bits per heavy atom. The van der Waals surface area contributed by atoms with Gasteiger partial charge in [-0.2, -0.15) is 0 Å². The van der Waals surface area contributed by atoms with E-state index in [-0.39, 0.29) is 6.61 Å². The molecule has 0 saturated carbocycles. The third-order valence-corrected chi connectivity index (χ3v) is 3.36. The maximum atomic E-state index is 10.8. The maximum absolute atomic E-state index is 10.8. The average Bonchev–Trinajstić information content (AvgIpc) is 2.44. The van der Waals surface area contributed by atoms with Crippen molar-refractivity contribution in [3.63, 3.8) is 0 Å². The fourth-order valence-corrected chi connectivity index (χ4v) is 2.37. The lowest BCUT2D eigenvalue weighted by Crippen LogP contribution is -2.02. The van der Waals surface area contributed by atoms with Crippen LogP contribution < -0.4 is 9.47 Å². The molecule has 0 bridgehead atoms. The lowest BCUT2D eigenvalue weighted by Gasteiger charge is -2.14. The number of hydrogen-bond donors (Lipinski definition) is 1. The second-order valence-electron chi connectivity index (χ2n) is 4.37. The van der Waals surface area contributed by atoms with Crippen LogP contribution in [-0.4, -0.2) is 31.2 Å². The zero-order chi connectivity index (χ0) is 14.8. The summed E-state index contributed by atoms with van der Waals surface area (Å²) in [4.78, 5) is 10.8. The minimum Gasteiger partial charge on any atom is -0.490 e. The third kappa shape index (κ3) is 5.51. The van der Waals surface area contributed by atoms with Crippen LogP contribution in [0.1, 0.15) is 43.0 Å². The van der Waals surface area contributed by atoms with Crippen LogP contribution in [-0.2, 0) is 0 Å². The minimum atomic E-state index is 0.244. The minimum absolute atomic E-state index is 0.244. The van der Waals surface area contributed by atoms with Crippen LogP contribution in [0.4, 0.5) is 0 Å². The molecule has 0 aromatic heterocycles. The topological polar surface area (TPSA) is 55.8 Å². The molecule has 5 heteroatoms. The first kappa shape index (κ1) is 17.0. The predicted molar refractivity (Wildman–Crippen MR) is 81.7 cm³/mol. The maximum Gasteiger partial charge on any atom is 0.175 e. The predicted octanol–water partition coefficient (Wildman–Crippen LogP) is 3.59. The molecule has 0 spiro atoms. The Kier molecular flexibility index (Phi) is 8.30. The summed E-state index contributed by atoms with van der Waals surface area (Å²) in [6, 6.07) is 3.40. The standard InChI is InChI=1S/C15H21BrO4/c1-2-19-14-10-12(11-18)9-13(16)15(14)20-8-6-4-3-5-7-17/h9-11,17H,2-8H2,1H3. The van der Waals surface area contributed by atoms with Gasteiger partial charge >= 0.3 is 0 Å². The molecule has 0 aliphatic carbocycles. The third-order valence-electron chi connectivity index (χ3n) is 2.77. The fraction of sp³-hybridized carbons (Fsp3) is 0.533. The Morgan fingerprint density at radius 1 is 1.20 bits per heavy atom. The normalized spacial score (nSPS) is 10.3. The van der Waals surface area contributed by atoms with Gasteiger partial charge in [0.2, 0.25) is 0 Å². The van der Waals surface area contributed by atoms with Crippen molar-refractivity contribution in [3.05, 3.63) is 22.2 Å². The van der Waals surface area contributed by atoms with Gasteiger partial charge in [0.05, 0.1) is 17.7 Å². The number of carbonyl (C=O) groups excluding carboxylic acids is 1. The Hall–Kier alpha value is -1.07. The Morgan fingerprint density at radius 2 is 1.95 bits per heavy atom. The van der Waals surface area contributed by atoms with Crippen LogP contribution in [0, 0.1) is 0 Å². The van der Waals surface area contributed by atoms with Gasteiger partial charge in [-0.1, -0.05) is 6.42 Å². The summed E-state index contributed by atoms with van der Waals surface area (Å²) >= 11 is 3.41. The second-order valence-corrected chi connectivity index (χ2v) is 5.22. The molecule has 0 heterocycles. The second kappa shape index (κ2) is 9.77. The lowest BCUT2D eigenvalue weighted by molar-refractivity contribution is 0.112. The summed E-state index contributed by atoms with van der Waals surface area (Å²) < 4.78 is 12.0. The number of ether oxygens (including phenoxy) is 2. The smallest absolute Gasteiger partial charge is 0.175 e. The molecular formula is C15H21BrO4. The van der Waals surface area contributed by atoms with E-state index < -0.39 is 0 Å². The Labute approximate surface area is 128 Å². The number of aliphatic hydroxyl groups is 1. The molecule has 4 nitrogen and oxygen atoms in total. The van der Waals surface area contributed by atoms with E-state index in [4.69, 9.17) is 14.6 Å². The quantitative estimate of drug-likeness (QED) is 0.520. The highest BCUT2D eigenvalue weighted by Gasteiger charge is 2.12. The number of hydrogen-bond acceptors (Lipinski definition) is 4. The highest BCUT2D eigenvalue weighted by molar-refractivity contribution is 9.10. The zero-order valence-corrected chi connectivity index (χ0v) is 13.3. The van der Waals surface area contributed by atoms with E-state index in [0.717, 1.165) is 36.4 Å². The van der Waals surface area contributed by atoms with E-state index in [9.17, 15) is 4.79 Å². The molecule has 1 rings (SSSR count). The van der Waals surface area contributed by atoms with E-state index in [1.165, 1.54) is 0 Å². The van der Waals surface area contributed by atoms with Crippen molar-refractivity contribution in [1.29, 1.82) is 0 Å². The van der Waals surface area contributed by atoms with Crippen LogP contribution in [0.5, 0.6) is 11.5 Å².